The van der Waals surface area contributed by atoms with Crippen molar-refractivity contribution in [1.82, 2.24) is 9.80 Å². The number of nitrogens with zero attached hydrogens (tertiary/aromatic N) is 2. The van der Waals surface area contributed by atoms with Crippen LogP contribution in [-0.2, 0) is 11.2 Å². The van der Waals surface area contributed by atoms with Gasteiger partial charge in [-0.1, -0.05) is 31.2 Å². The van der Waals surface area contributed by atoms with Crippen LogP contribution in [-0.4, -0.2) is 59.4 Å². The predicted octanol–water partition coefficient (Wildman–Crippen LogP) is 2.66. The van der Waals surface area contributed by atoms with Crippen LogP contribution in [0.4, 0.5) is 5.69 Å². The van der Waals surface area contributed by atoms with Crippen molar-refractivity contribution in [3.8, 4) is 5.75 Å². The molecule has 28 heavy (non-hydrogen) atoms. The van der Waals surface area contributed by atoms with Gasteiger partial charge < -0.3 is 15.3 Å². The van der Waals surface area contributed by atoms with Crippen molar-refractivity contribution in [1.29, 1.82) is 0 Å². The lowest BCUT2D eigenvalue weighted by Gasteiger charge is -2.34. The van der Waals surface area contributed by atoms with Gasteiger partial charge in [0.15, 0.2) is 0 Å². The van der Waals surface area contributed by atoms with Crippen LogP contribution in [0.25, 0.3) is 0 Å². The lowest BCUT2D eigenvalue weighted by molar-refractivity contribution is -0.117. The number of aryl methyl sites for hydroxylation is 2. The Labute approximate surface area is 165 Å². The third-order valence-electron chi connectivity index (χ3n) is 5.08. The number of phenols is 1. The lowest BCUT2D eigenvalue weighted by atomic mass is 10.1. The molecule has 2 amide bonds. The van der Waals surface area contributed by atoms with Gasteiger partial charge in [-0.3, -0.25) is 14.5 Å². The van der Waals surface area contributed by atoms with Crippen LogP contribution in [0.1, 0.15) is 28.4 Å². The SMILES string of the molecule is CCc1ccccc1NC(=O)CN1CCN(C(=O)c2ccc(C)cc2O)CC1. The van der Waals surface area contributed by atoms with Gasteiger partial charge in [-0.2, -0.15) is 0 Å². The van der Waals surface area contributed by atoms with Crippen molar-refractivity contribution in [3.63, 3.8) is 0 Å². The summed E-state index contributed by atoms with van der Waals surface area (Å²) in [7, 11) is 0. The monoisotopic (exact) mass is 381 g/mol. The summed E-state index contributed by atoms with van der Waals surface area (Å²) in [6, 6.07) is 12.9. The maximum absolute atomic E-state index is 12.6. The number of aromatic hydroxyl groups is 1. The van der Waals surface area contributed by atoms with Gasteiger partial charge in [-0.05, 0) is 42.7 Å². The second-order valence-corrected chi connectivity index (χ2v) is 7.15. The summed E-state index contributed by atoms with van der Waals surface area (Å²) in [4.78, 5) is 28.8. The van der Waals surface area contributed by atoms with Crippen molar-refractivity contribution in [2.24, 2.45) is 0 Å². The summed E-state index contributed by atoms with van der Waals surface area (Å²) in [5, 5.41) is 13.0. The van der Waals surface area contributed by atoms with Gasteiger partial charge in [0, 0.05) is 31.9 Å². The molecule has 0 saturated carbocycles. The molecular weight excluding hydrogens is 354 g/mol. The number of rotatable bonds is 5. The molecule has 6 heteroatoms. The molecule has 2 N–H and O–H groups in total. The number of phenolic OH excluding ortho intramolecular Hbond substituents is 1. The first kappa shape index (κ1) is 19.9. The van der Waals surface area contributed by atoms with E-state index in [1.54, 1.807) is 17.0 Å². The number of nitrogens with one attached hydrogen (secondary N) is 1. The Kier molecular flexibility index (Phi) is 6.31. The number of benzene rings is 2. The van der Waals surface area contributed by atoms with E-state index >= 15 is 0 Å². The fourth-order valence-electron chi connectivity index (χ4n) is 3.45. The Balaban J connectivity index is 1.52. The Morgan fingerprint density at radius 1 is 1.07 bits per heavy atom. The highest BCUT2D eigenvalue weighted by atomic mass is 16.3. The molecule has 0 atom stereocenters. The van der Waals surface area contributed by atoms with Crippen molar-refractivity contribution in [2.45, 2.75) is 20.3 Å². The average Bonchev–Trinajstić information content (AvgIpc) is 2.68. The standard InChI is InChI=1S/C22H27N3O3/c1-3-17-6-4-5-7-19(17)23-21(27)15-24-10-12-25(13-11-24)22(28)18-9-8-16(2)14-20(18)26/h4-9,14,26H,3,10-13,15H2,1-2H3,(H,23,27). The number of anilines is 1. The van der Waals surface area contributed by atoms with Crippen molar-refractivity contribution in [3.05, 3.63) is 59.2 Å². The normalized spacial score (nSPS) is 14.7. The second kappa shape index (κ2) is 8.89. The predicted molar refractivity (Wildman–Crippen MR) is 110 cm³/mol. The molecule has 1 saturated heterocycles. The molecule has 3 rings (SSSR count). The molecule has 6 nitrogen and oxygen atoms in total. The first-order valence-electron chi connectivity index (χ1n) is 9.67. The second-order valence-electron chi connectivity index (χ2n) is 7.15. The topological polar surface area (TPSA) is 72.9 Å². The molecule has 148 valence electrons. The van der Waals surface area contributed by atoms with E-state index in [9.17, 15) is 14.7 Å². The van der Waals surface area contributed by atoms with Crippen LogP contribution in [0.2, 0.25) is 0 Å². The summed E-state index contributed by atoms with van der Waals surface area (Å²) in [5.41, 5.74) is 3.21. The van der Waals surface area contributed by atoms with Crippen molar-refractivity contribution < 1.29 is 14.7 Å². The Hall–Kier alpha value is -2.86. The van der Waals surface area contributed by atoms with E-state index in [1.165, 1.54) is 0 Å². The first-order chi connectivity index (χ1) is 13.5. The van der Waals surface area contributed by atoms with E-state index in [-0.39, 0.29) is 17.6 Å². The largest absolute Gasteiger partial charge is 0.507 e. The van der Waals surface area contributed by atoms with Crippen LogP contribution >= 0.6 is 0 Å². The molecule has 2 aromatic carbocycles. The average molecular weight is 381 g/mol. The van der Waals surface area contributed by atoms with Gasteiger partial charge in [-0.25, -0.2) is 0 Å². The Morgan fingerprint density at radius 2 is 1.79 bits per heavy atom. The minimum atomic E-state index is -0.168. The van der Waals surface area contributed by atoms with Gasteiger partial charge in [0.2, 0.25) is 5.91 Å². The van der Waals surface area contributed by atoms with Crippen molar-refractivity contribution >= 4 is 17.5 Å². The zero-order chi connectivity index (χ0) is 20.1. The Morgan fingerprint density at radius 3 is 2.46 bits per heavy atom. The van der Waals surface area contributed by atoms with Gasteiger partial charge in [0.1, 0.15) is 5.75 Å². The third-order valence-corrected chi connectivity index (χ3v) is 5.08. The van der Waals surface area contributed by atoms with E-state index < -0.39 is 0 Å². The first-order valence-corrected chi connectivity index (χ1v) is 9.67. The van der Waals surface area contributed by atoms with Gasteiger partial charge in [-0.15, -0.1) is 0 Å². The molecule has 1 heterocycles. The Bertz CT molecular complexity index is 858. The molecule has 0 bridgehead atoms. The van der Waals surface area contributed by atoms with E-state index in [1.807, 2.05) is 42.2 Å². The zero-order valence-corrected chi connectivity index (χ0v) is 16.4. The number of hydrogen-bond donors (Lipinski definition) is 2. The van der Waals surface area contributed by atoms with E-state index in [2.05, 4.69) is 12.2 Å². The third kappa shape index (κ3) is 4.70. The zero-order valence-electron chi connectivity index (χ0n) is 16.4. The van der Waals surface area contributed by atoms with Crippen LogP contribution < -0.4 is 5.32 Å². The molecule has 0 aromatic heterocycles. The smallest absolute Gasteiger partial charge is 0.257 e. The van der Waals surface area contributed by atoms with E-state index in [0.717, 1.165) is 23.2 Å². The summed E-state index contributed by atoms with van der Waals surface area (Å²) in [6.07, 6.45) is 0.864. The van der Waals surface area contributed by atoms with Crippen LogP contribution in [0, 0.1) is 6.92 Å². The summed E-state index contributed by atoms with van der Waals surface area (Å²) in [5.74, 6) is -0.197. The lowest BCUT2D eigenvalue weighted by Crippen LogP contribution is -2.50. The maximum atomic E-state index is 12.6. The minimum Gasteiger partial charge on any atom is -0.507 e. The van der Waals surface area contributed by atoms with Crippen LogP contribution in [0.3, 0.4) is 0 Å². The molecular formula is C22H27N3O3. The fourth-order valence-corrected chi connectivity index (χ4v) is 3.45. The minimum absolute atomic E-state index is 0.0152. The molecule has 2 aromatic rings. The number of amides is 2. The maximum Gasteiger partial charge on any atom is 0.257 e. The molecule has 0 radical (unpaired) electrons. The van der Waals surface area contributed by atoms with Gasteiger partial charge >= 0.3 is 0 Å². The summed E-state index contributed by atoms with van der Waals surface area (Å²) in [6.45, 7) is 6.55. The number of para-hydroxylation sites is 1. The highest BCUT2D eigenvalue weighted by molar-refractivity contribution is 5.97. The molecule has 0 aliphatic carbocycles. The molecule has 1 aliphatic heterocycles. The van der Waals surface area contributed by atoms with E-state index in [0.29, 0.717) is 38.3 Å². The molecule has 1 aliphatic rings. The van der Waals surface area contributed by atoms with E-state index in [4.69, 9.17) is 0 Å². The summed E-state index contributed by atoms with van der Waals surface area (Å²) >= 11 is 0. The highest BCUT2D eigenvalue weighted by Gasteiger charge is 2.25. The molecule has 1 fully saturated rings. The number of hydrogen-bond acceptors (Lipinski definition) is 4. The molecule has 0 spiro atoms. The summed E-state index contributed by atoms with van der Waals surface area (Å²) < 4.78 is 0. The number of carbonyl (C=O) groups excluding carboxylic acids is 2. The van der Waals surface area contributed by atoms with Crippen molar-refractivity contribution in [2.75, 3.05) is 38.0 Å². The fraction of sp³-hybridized carbons (Fsp3) is 0.364. The number of piperazine rings is 1. The molecule has 0 unspecified atom stereocenters. The van der Waals surface area contributed by atoms with Gasteiger partial charge in [0.05, 0.1) is 12.1 Å². The highest BCUT2D eigenvalue weighted by Crippen LogP contribution is 2.21. The van der Waals surface area contributed by atoms with Crippen LogP contribution in [0.15, 0.2) is 42.5 Å². The van der Waals surface area contributed by atoms with Gasteiger partial charge in [0.25, 0.3) is 5.91 Å². The quantitative estimate of drug-likeness (QED) is 0.835. The number of carbonyl (C=O) groups is 2. The van der Waals surface area contributed by atoms with Crippen LogP contribution in [0.5, 0.6) is 5.75 Å².